The first-order chi connectivity index (χ1) is 15.7. The molecule has 1 heterocycles. The number of rotatable bonds is 3. The van der Waals surface area contributed by atoms with Crippen molar-refractivity contribution in [3.8, 4) is 0 Å². The van der Waals surface area contributed by atoms with E-state index in [2.05, 4.69) is 61.0 Å². The first-order valence-corrected chi connectivity index (χ1v) is 12.6. The van der Waals surface area contributed by atoms with Crippen LogP contribution in [0, 0.1) is 23.6 Å². The van der Waals surface area contributed by atoms with Gasteiger partial charge < -0.3 is 4.90 Å². The Morgan fingerprint density at radius 2 is 1.58 bits per heavy atom. The molecule has 0 aromatic heterocycles. The van der Waals surface area contributed by atoms with Crippen molar-refractivity contribution in [3.63, 3.8) is 0 Å². The largest absolute Gasteiger partial charge is 0.365 e. The SMILES string of the molecule is CC1=CC(C)(C)N(C)c2cc(F)c(C=Nc3ccc(C45CC6CC(CC(C6)C4)C5)cc3)cc21. The van der Waals surface area contributed by atoms with Gasteiger partial charge in [0.05, 0.1) is 11.2 Å². The number of hydrogen-bond acceptors (Lipinski definition) is 2. The molecule has 0 N–H and O–H groups in total. The molecule has 0 amide bonds. The summed E-state index contributed by atoms with van der Waals surface area (Å²) in [6.45, 7) is 6.41. The summed E-state index contributed by atoms with van der Waals surface area (Å²) >= 11 is 0. The second-order valence-electron chi connectivity index (χ2n) is 11.9. The fourth-order valence-electron chi connectivity index (χ4n) is 7.80. The molecule has 2 nitrogen and oxygen atoms in total. The van der Waals surface area contributed by atoms with Crippen LogP contribution in [0.5, 0.6) is 0 Å². The van der Waals surface area contributed by atoms with Crippen molar-refractivity contribution in [1.82, 2.24) is 0 Å². The lowest BCUT2D eigenvalue weighted by Gasteiger charge is -2.57. The predicted octanol–water partition coefficient (Wildman–Crippen LogP) is 7.68. The first kappa shape index (κ1) is 21.1. The van der Waals surface area contributed by atoms with Crippen molar-refractivity contribution in [2.45, 2.75) is 70.3 Å². The van der Waals surface area contributed by atoms with Crippen molar-refractivity contribution in [2.75, 3.05) is 11.9 Å². The van der Waals surface area contributed by atoms with Crippen molar-refractivity contribution in [1.29, 1.82) is 0 Å². The van der Waals surface area contributed by atoms with Crippen molar-refractivity contribution in [2.24, 2.45) is 22.7 Å². The normalized spacial score (nSPS) is 31.7. The Hall–Kier alpha value is -2.42. The Bertz CT molecular complexity index is 1120. The van der Waals surface area contributed by atoms with Crippen LogP contribution in [-0.2, 0) is 5.41 Å². The molecule has 0 atom stereocenters. The van der Waals surface area contributed by atoms with E-state index in [0.717, 1.165) is 34.7 Å². The highest BCUT2D eigenvalue weighted by molar-refractivity contribution is 5.89. The van der Waals surface area contributed by atoms with Gasteiger partial charge in [0, 0.05) is 30.1 Å². The monoisotopic (exact) mass is 442 g/mol. The van der Waals surface area contributed by atoms with Crippen LogP contribution in [0.4, 0.5) is 15.8 Å². The summed E-state index contributed by atoms with van der Waals surface area (Å²) in [5.41, 5.74) is 6.43. The summed E-state index contributed by atoms with van der Waals surface area (Å²) in [5, 5.41) is 0. The summed E-state index contributed by atoms with van der Waals surface area (Å²) in [6.07, 6.45) is 12.5. The average Bonchev–Trinajstić information content (AvgIpc) is 2.76. The number of anilines is 1. The van der Waals surface area contributed by atoms with Crippen LogP contribution in [0.3, 0.4) is 0 Å². The quantitative estimate of drug-likeness (QED) is 0.445. The second kappa shape index (κ2) is 7.29. The summed E-state index contributed by atoms with van der Waals surface area (Å²) < 4.78 is 15.0. The van der Waals surface area contributed by atoms with E-state index >= 15 is 0 Å². The number of nitrogens with zero attached hydrogens (tertiary/aromatic N) is 2. The van der Waals surface area contributed by atoms with Gasteiger partial charge >= 0.3 is 0 Å². The van der Waals surface area contributed by atoms with E-state index < -0.39 is 0 Å². The lowest BCUT2D eigenvalue weighted by Crippen LogP contribution is -2.48. The molecule has 4 fully saturated rings. The predicted molar refractivity (Wildman–Crippen MR) is 136 cm³/mol. The maximum absolute atomic E-state index is 15.0. The minimum absolute atomic E-state index is 0.127. The summed E-state index contributed by atoms with van der Waals surface area (Å²) in [6, 6.07) is 12.4. The number of likely N-dealkylation sites (N-methyl/N-ethyl adjacent to an activating group) is 1. The van der Waals surface area contributed by atoms with Gasteiger partial charge in [0.2, 0.25) is 0 Å². The van der Waals surface area contributed by atoms with Crippen LogP contribution >= 0.6 is 0 Å². The van der Waals surface area contributed by atoms with Crippen molar-refractivity contribution < 1.29 is 4.39 Å². The number of hydrogen-bond donors (Lipinski definition) is 0. The third-order valence-electron chi connectivity index (χ3n) is 9.21. The molecule has 1 aliphatic heterocycles. The number of allylic oxidation sites excluding steroid dienone is 1. The van der Waals surface area contributed by atoms with E-state index in [0.29, 0.717) is 11.0 Å². The zero-order valence-electron chi connectivity index (χ0n) is 20.4. The molecule has 0 saturated heterocycles. The number of fused-ring (bicyclic) bond motifs is 1. The van der Waals surface area contributed by atoms with Gasteiger partial charge in [0.1, 0.15) is 5.82 Å². The maximum Gasteiger partial charge on any atom is 0.134 e. The Balaban J connectivity index is 1.25. The highest BCUT2D eigenvalue weighted by Crippen LogP contribution is 2.60. The molecule has 2 aromatic rings. The van der Waals surface area contributed by atoms with E-state index in [1.807, 2.05) is 13.1 Å². The van der Waals surface area contributed by atoms with Crippen LogP contribution in [0.15, 0.2) is 47.5 Å². The first-order valence-electron chi connectivity index (χ1n) is 12.6. The van der Waals surface area contributed by atoms with Gasteiger partial charge in [0.25, 0.3) is 0 Å². The molecule has 4 aliphatic carbocycles. The van der Waals surface area contributed by atoms with E-state index in [-0.39, 0.29) is 11.4 Å². The van der Waals surface area contributed by atoms with E-state index in [4.69, 9.17) is 0 Å². The van der Waals surface area contributed by atoms with Crippen LogP contribution in [0.2, 0.25) is 0 Å². The molecule has 0 spiro atoms. The molecule has 172 valence electrons. The third-order valence-corrected chi connectivity index (χ3v) is 9.21. The third kappa shape index (κ3) is 3.47. The Labute approximate surface area is 197 Å². The van der Waals surface area contributed by atoms with Gasteiger partial charge in [0.15, 0.2) is 0 Å². The maximum atomic E-state index is 15.0. The lowest BCUT2D eigenvalue weighted by atomic mass is 9.48. The molecular weight excluding hydrogens is 407 g/mol. The molecule has 7 rings (SSSR count). The van der Waals surface area contributed by atoms with Gasteiger partial charge in [-0.05, 0) is 118 Å². The molecule has 33 heavy (non-hydrogen) atoms. The lowest BCUT2D eigenvalue weighted by molar-refractivity contribution is -0.00518. The molecule has 4 saturated carbocycles. The number of halogens is 1. The fourth-order valence-corrected chi connectivity index (χ4v) is 7.80. The fraction of sp³-hybridized carbons (Fsp3) is 0.500. The summed E-state index contributed by atoms with van der Waals surface area (Å²) in [5.74, 6) is 2.62. The van der Waals surface area contributed by atoms with Crippen molar-refractivity contribution >= 4 is 23.2 Å². The second-order valence-corrected chi connectivity index (χ2v) is 11.9. The molecule has 4 bridgehead atoms. The van der Waals surface area contributed by atoms with Gasteiger partial charge in [-0.25, -0.2) is 4.39 Å². The van der Waals surface area contributed by atoms with E-state index in [1.54, 1.807) is 12.3 Å². The summed E-state index contributed by atoms with van der Waals surface area (Å²) in [4.78, 5) is 6.79. The summed E-state index contributed by atoms with van der Waals surface area (Å²) in [7, 11) is 2.03. The van der Waals surface area contributed by atoms with Crippen LogP contribution in [-0.4, -0.2) is 18.8 Å². The zero-order chi connectivity index (χ0) is 23.0. The molecule has 0 radical (unpaired) electrons. The van der Waals surface area contributed by atoms with Gasteiger partial charge in [-0.15, -0.1) is 0 Å². The Kier molecular flexibility index (Phi) is 4.67. The number of aliphatic imine (C=N–C) groups is 1. The van der Waals surface area contributed by atoms with E-state index in [9.17, 15) is 4.39 Å². The average molecular weight is 443 g/mol. The number of benzene rings is 2. The van der Waals surface area contributed by atoms with Gasteiger partial charge in [-0.1, -0.05) is 18.2 Å². The highest BCUT2D eigenvalue weighted by Gasteiger charge is 2.51. The Morgan fingerprint density at radius 3 is 2.18 bits per heavy atom. The van der Waals surface area contributed by atoms with Crippen molar-refractivity contribution in [3.05, 3.63) is 65.0 Å². The highest BCUT2D eigenvalue weighted by atomic mass is 19.1. The van der Waals surface area contributed by atoms with Crippen LogP contribution in [0.1, 0.15) is 76.0 Å². The Morgan fingerprint density at radius 1 is 0.970 bits per heavy atom. The standard InChI is InChI=1S/C30H35FN2/c1-19-14-29(2,3)33(4)28-13-27(31)23(12-26(19)28)18-32-25-7-5-24(6-8-25)30-15-20-9-21(16-30)11-22(10-20)17-30/h5-8,12-14,18,20-22H,9-11,15-17H2,1-4H3. The molecular formula is C30H35FN2. The molecule has 0 unspecified atom stereocenters. The minimum atomic E-state index is -0.222. The van der Waals surface area contributed by atoms with Crippen LogP contribution < -0.4 is 4.90 Å². The topological polar surface area (TPSA) is 15.6 Å². The minimum Gasteiger partial charge on any atom is -0.365 e. The van der Waals surface area contributed by atoms with Gasteiger partial charge in [-0.3, -0.25) is 4.99 Å². The molecule has 5 aliphatic rings. The smallest absolute Gasteiger partial charge is 0.134 e. The van der Waals surface area contributed by atoms with E-state index in [1.165, 1.54) is 49.7 Å². The molecule has 3 heteroatoms. The molecule has 2 aromatic carbocycles. The van der Waals surface area contributed by atoms with Gasteiger partial charge in [-0.2, -0.15) is 0 Å². The van der Waals surface area contributed by atoms with Crippen LogP contribution in [0.25, 0.3) is 5.57 Å². The zero-order valence-corrected chi connectivity index (χ0v) is 20.4.